The minimum Gasteiger partial charge on any atom is -0.366 e. The van der Waals surface area contributed by atoms with Gasteiger partial charge in [0.1, 0.15) is 0 Å². The van der Waals surface area contributed by atoms with Crippen molar-refractivity contribution >= 4 is 17.5 Å². The highest BCUT2D eigenvalue weighted by Crippen LogP contribution is 2.33. The average molecular weight is 274 g/mol. The molecular formula is C15H12ClNO2. The SMILES string of the molecule is O=C1NC(O)(Cc2ccccc2)c2cc(Cl)ccc21. The first-order valence-corrected chi connectivity index (χ1v) is 6.35. The van der Waals surface area contributed by atoms with E-state index < -0.39 is 5.72 Å². The number of fused-ring (bicyclic) bond motifs is 1. The number of hydrogen-bond donors (Lipinski definition) is 2. The van der Waals surface area contributed by atoms with Crippen LogP contribution in [0.4, 0.5) is 0 Å². The Hall–Kier alpha value is -1.84. The second-order valence-electron chi connectivity index (χ2n) is 4.67. The topological polar surface area (TPSA) is 49.3 Å². The lowest BCUT2D eigenvalue weighted by atomic mass is 9.95. The van der Waals surface area contributed by atoms with Gasteiger partial charge >= 0.3 is 0 Å². The maximum absolute atomic E-state index is 11.9. The van der Waals surface area contributed by atoms with E-state index in [0.717, 1.165) is 5.56 Å². The van der Waals surface area contributed by atoms with E-state index in [1.54, 1.807) is 18.2 Å². The monoisotopic (exact) mass is 273 g/mol. The summed E-state index contributed by atoms with van der Waals surface area (Å²) >= 11 is 5.95. The molecule has 0 radical (unpaired) electrons. The van der Waals surface area contributed by atoms with Crippen LogP contribution in [0.25, 0.3) is 0 Å². The smallest absolute Gasteiger partial charge is 0.254 e. The zero-order valence-electron chi connectivity index (χ0n) is 10.1. The van der Waals surface area contributed by atoms with Crippen LogP contribution >= 0.6 is 11.6 Å². The van der Waals surface area contributed by atoms with Crippen LogP contribution in [0.3, 0.4) is 0 Å². The van der Waals surface area contributed by atoms with E-state index in [-0.39, 0.29) is 5.91 Å². The summed E-state index contributed by atoms with van der Waals surface area (Å²) < 4.78 is 0. The fraction of sp³-hybridized carbons (Fsp3) is 0.133. The lowest BCUT2D eigenvalue weighted by Crippen LogP contribution is -2.41. The Bertz CT molecular complexity index is 642. The lowest BCUT2D eigenvalue weighted by molar-refractivity contribution is 0.0134. The molecule has 3 rings (SSSR count). The number of benzene rings is 2. The summed E-state index contributed by atoms with van der Waals surface area (Å²) in [6, 6.07) is 14.4. The van der Waals surface area contributed by atoms with Crippen molar-refractivity contribution in [2.24, 2.45) is 0 Å². The van der Waals surface area contributed by atoms with Crippen LogP contribution in [-0.4, -0.2) is 11.0 Å². The van der Waals surface area contributed by atoms with E-state index in [9.17, 15) is 9.90 Å². The third kappa shape index (κ3) is 2.11. The first-order valence-electron chi connectivity index (χ1n) is 5.97. The molecule has 0 aromatic heterocycles. The molecule has 1 unspecified atom stereocenters. The summed E-state index contributed by atoms with van der Waals surface area (Å²) in [5.41, 5.74) is 0.563. The molecule has 2 aromatic rings. The van der Waals surface area contributed by atoms with Crippen LogP contribution in [0.2, 0.25) is 5.02 Å². The highest BCUT2D eigenvalue weighted by Gasteiger charge is 2.41. The van der Waals surface area contributed by atoms with Gasteiger partial charge in [0.2, 0.25) is 0 Å². The predicted molar refractivity (Wildman–Crippen MR) is 73.0 cm³/mol. The minimum atomic E-state index is -1.39. The molecule has 0 aliphatic carbocycles. The standard InChI is InChI=1S/C15H12ClNO2/c16-11-6-7-12-13(8-11)15(19,17-14(12)18)9-10-4-2-1-3-5-10/h1-8,19H,9H2,(H,17,18). The Morgan fingerprint density at radius 3 is 2.63 bits per heavy atom. The molecule has 0 fully saturated rings. The molecule has 0 saturated heterocycles. The maximum Gasteiger partial charge on any atom is 0.254 e. The normalized spacial score (nSPS) is 21.1. The van der Waals surface area contributed by atoms with E-state index in [2.05, 4.69) is 5.32 Å². The molecule has 1 atom stereocenters. The molecule has 0 spiro atoms. The molecule has 3 nitrogen and oxygen atoms in total. The van der Waals surface area contributed by atoms with Crippen molar-refractivity contribution in [3.63, 3.8) is 0 Å². The summed E-state index contributed by atoms with van der Waals surface area (Å²) in [7, 11) is 0. The molecule has 96 valence electrons. The number of carbonyl (C=O) groups excluding carboxylic acids is 1. The van der Waals surface area contributed by atoms with Gasteiger partial charge in [-0.3, -0.25) is 4.79 Å². The van der Waals surface area contributed by atoms with Crippen LogP contribution < -0.4 is 5.32 Å². The molecule has 1 heterocycles. The van der Waals surface area contributed by atoms with Crippen LogP contribution in [-0.2, 0) is 12.1 Å². The van der Waals surface area contributed by atoms with Gasteiger partial charge in [-0.2, -0.15) is 0 Å². The van der Waals surface area contributed by atoms with E-state index >= 15 is 0 Å². The fourth-order valence-corrected chi connectivity index (χ4v) is 2.58. The van der Waals surface area contributed by atoms with Crippen molar-refractivity contribution in [2.75, 3.05) is 0 Å². The Labute approximate surface area is 115 Å². The summed E-state index contributed by atoms with van der Waals surface area (Å²) in [5, 5.41) is 13.8. The van der Waals surface area contributed by atoms with Crippen LogP contribution in [0, 0.1) is 0 Å². The van der Waals surface area contributed by atoms with Crippen molar-refractivity contribution in [3.8, 4) is 0 Å². The third-order valence-electron chi connectivity index (χ3n) is 3.29. The second-order valence-corrected chi connectivity index (χ2v) is 5.10. The number of amides is 1. The molecule has 0 saturated carbocycles. The van der Waals surface area contributed by atoms with Gasteiger partial charge < -0.3 is 10.4 Å². The molecule has 1 aliphatic heterocycles. The van der Waals surface area contributed by atoms with Crippen molar-refractivity contribution in [1.82, 2.24) is 5.32 Å². The zero-order chi connectivity index (χ0) is 13.5. The van der Waals surface area contributed by atoms with Gasteiger partial charge in [0.15, 0.2) is 5.72 Å². The first kappa shape index (κ1) is 12.2. The van der Waals surface area contributed by atoms with E-state index in [4.69, 9.17) is 11.6 Å². The van der Waals surface area contributed by atoms with E-state index in [1.165, 1.54) is 0 Å². The molecule has 1 aliphatic rings. The molecule has 19 heavy (non-hydrogen) atoms. The fourth-order valence-electron chi connectivity index (χ4n) is 2.41. The Morgan fingerprint density at radius 1 is 1.16 bits per heavy atom. The molecule has 4 heteroatoms. The molecule has 2 aromatic carbocycles. The summed E-state index contributed by atoms with van der Waals surface area (Å²) in [5.74, 6) is -0.273. The van der Waals surface area contributed by atoms with E-state index in [0.29, 0.717) is 22.6 Å². The summed E-state index contributed by atoms with van der Waals surface area (Å²) in [6.45, 7) is 0. The van der Waals surface area contributed by atoms with Gasteiger partial charge in [-0.1, -0.05) is 41.9 Å². The average Bonchev–Trinajstić information content (AvgIpc) is 2.62. The highest BCUT2D eigenvalue weighted by molar-refractivity contribution is 6.30. The van der Waals surface area contributed by atoms with Crippen molar-refractivity contribution in [1.29, 1.82) is 0 Å². The van der Waals surface area contributed by atoms with Gasteiger partial charge in [0.25, 0.3) is 5.91 Å². The van der Waals surface area contributed by atoms with Crippen LogP contribution in [0.1, 0.15) is 21.5 Å². The predicted octanol–water partition coefficient (Wildman–Crippen LogP) is 2.47. The van der Waals surface area contributed by atoms with Gasteiger partial charge in [0, 0.05) is 22.6 Å². The summed E-state index contributed by atoms with van der Waals surface area (Å²) in [6.07, 6.45) is 0.312. The quantitative estimate of drug-likeness (QED) is 0.883. The number of carbonyl (C=O) groups is 1. The first-order chi connectivity index (χ1) is 9.08. The largest absolute Gasteiger partial charge is 0.366 e. The number of nitrogens with one attached hydrogen (secondary N) is 1. The minimum absolute atomic E-state index is 0.273. The number of halogens is 1. The molecule has 0 bridgehead atoms. The highest BCUT2D eigenvalue weighted by atomic mass is 35.5. The number of hydrogen-bond acceptors (Lipinski definition) is 2. The number of rotatable bonds is 2. The van der Waals surface area contributed by atoms with E-state index in [1.807, 2.05) is 30.3 Å². The van der Waals surface area contributed by atoms with Crippen molar-refractivity contribution in [2.45, 2.75) is 12.1 Å². The molecule has 1 amide bonds. The maximum atomic E-state index is 11.9. The van der Waals surface area contributed by atoms with Gasteiger partial charge in [-0.15, -0.1) is 0 Å². The third-order valence-corrected chi connectivity index (χ3v) is 3.53. The zero-order valence-corrected chi connectivity index (χ0v) is 10.8. The molecule has 2 N–H and O–H groups in total. The van der Waals surface area contributed by atoms with Crippen LogP contribution in [0.5, 0.6) is 0 Å². The van der Waals surface area contributed by atoms with Crippen molar-refractivity contribution < 1.29 is 9.90 Å². The van der Waals surface area contributed by atoms with Gasteiger partial charge in [0.05, 0.1) is 0 Å². The van der Waals surface area contributed by atoms with Gasteiger partial charge in [-0.25, -0.2) is 0 Å². The lowest BCUT2D eigenvalue weighted by Gasteiger charge is -2.24. The summed E-state index contributed by atoms with van der Waals surface area (Å²) in [4.78, 5) is 11.9. The second kappa shape index (κ2) is 4.37. The van der Waals surface area contributed by atoms with Gasteiger partial charge in [-0.05, 0) is 23.8 Å². The van der Waals surface area contributed by atoms with Crippen molar-refractivity contribution in [3.05, 3.63) is 70.2 Å². The molecular weight excluding hydrogens is 262 g/mol. The van der Waals surface area contributed by atoms with Crippen LogP contribution in [0.15, 0.2) is 48.5 Å². The Morgan fingerprint density at radius 2 is 1.89 bits per heavy atom. The Balaban J connectivity index is 2.03. The Kier molecular flexibility index (Phi) is 2.81. The number of aliphatic hydroxyl groups is 1.